The van der Waals surface area contributed by atoms with E-state index < -0.39 is 5.97 Å². The van der Waals surface area contributed by atoms with Gasteiger partial charge < -0.3 is 5.11 Å². The van der Waals surface area contributed by atoms with Crippen molar-refractivity contribution in [1.82, 2.24) is 25.1 Å². The summed E-state index contributed by atoms with van der Waals surface area (Å²) in [7, 11) is 1.72. The average molecular weight is 287 g/mol. The van der Waals surface area contributed by atoms with Crippen LogP contribution in [0, 0.1) is 0 Å². The molecule has 1 atom stereocenters. The van der Waals surface area contributed by atoms with E-state index in [1.54, 1.807) is 7.05 Å². The lowest BCUT2D eigenvalue weighted by Crippen LogP contribution is -2.41. The van der Waals surface area contributed by atoms with Crippen LogP contribution in [-0.2, 0) is 31.4 Å². The molecular weight excluding hydrogens is 270 g/mol. The number of aromatic nitrogens is 4. The van der Waals surface area contributed by atoms with Crippen molar-refractivity contribution in [3.05, 3.63) is 41.2 Å². The summed E-state index contributed by atoms with van der Waals surface area (Å²) in [5.41, 5.74) is 2.47. The molecule has 0 unspecified atom stereocenters. The molecule has 0 amide bonds. The Bertz CT molecular complexity index is 654. The Hall–Kier alpha value is -2.28. The Kier molecular flexibility index (Phi) is 3.66. The zero-order valence-electron chi connectivity index (χ0n) is 11.8. The fourth-order valence-electron chi connectivity index (χ4n) is 2.80. The molecule has 2 heterocycles. The highest BCUT2D eigenvalue weighted by Crippen LogP contribution is 2.25. The van der Waals surface area contributed by atoms with Crippen molar-refractivity contribution in [3.8, 4) is 0 Å². The van der Waals surface area contributed by atoms with Gasteiger partial charge in [-0.05, 0) is 22.8 Å². The largest absolute Gasteiger partial charge is 0.481 e. The van der Waals surface area contributed by atoms with Gasteiger partial charge in [-0.25, -0.2) is 0 Å². The zero-order valence-corrected chi connectivity index (χ0v) is 11.8. The first-order chi connectivity index (χ1) is 10.1. The Morgan fingerprint density at radius 2 is 2.14 bits per heavy atom. The molecule has 0 spiro atoms. The van der Waals surface area contributed by atoms with Gasteiger partial charge in [0.25, 0.3) is 0 Å². The molecule has 21 heavy (non-hydrogen) atoms. The third kappa shape index (κ3) is 3.08. The van der Waals surface area contributed by atoms with Crippen molar-refractivity contribution in [1.29, 1.82) is 0 Å². The van der Waals surface area contributed by atoms with E-state index in [-0.39, 0.29) is 12.5 Å². The predicted molar refractivity (Wildman–Crippen MR) is 74.2 cm³/mol. The van der Waals surface area contributed by atoms with Gasteiger partial charge in [-0.3, -0.25) is 9.69 Å². The van der Waals surface area contributed by atoms with E-state index in [1.807, 2.05) is 12.1 Å². The molecule has 0 radical (unpaired) electrons. The molecule has 1 aromatic carbocycles. The quantitative estimate of drug-likeness (QED) is 0.887. The molecule has 7 heteroatoms. The van der Waals surface area contributed by atoms with Crippen molar-refractivity contribution in [2.45, 2.75) is 32.0 Å². The molecule has 1 aliphatic rings. The monoisotopic (exact) mass is 287 g/mol. The molecule has 1 aromatic heterocycles. The minimum atomic E-state index is -0.781. The summed E-state index contributed by atoms with van der Waals surface area (Å²) in [6.45, 7) is 1.23. The minimum absolute atomic E-state index is 0.0405. The van der Waals surface area contributed by atoms with E-state index in [0.717, 1.165) is 6.42 Å². The van der Waals surface area contributed by atoms with E-state index in [9.17, 15) is 4.79 Å². The highest BCUT2D eigenvalue weighted by Gasteiger charge is 2.28. The number of aryl methyl sites for hydroxylation is 1. The molecule has 0 saturated carbocycles. The van der Waals surface area contributed by atoms with Crippen LogP contribution in [0.1, 0.15) is 23.4 Å². The molecule has 0 aliphatic carbocycles. The standard InChI is InChI=1S/C14H17N5O2/c1-18-16-13(15-17-18)9-19-8-11-5-3-2-4-10(11)6-12(19)7-14(20)21/h2-5,12H,6-9H2,1H3,(H,20,21)/t12-/m0/s1. The highest BCUT2D eigenvalue weighted by molar-refractivity contribution is 5.67. The summed E-state index contributed by atoms with van der Waals surface area (Å²) in [5.74, 6) is -0.163. The lowest BCUT2D eigenvalue weighted by atomic mass is 9.92. The summed E-state index contributed by atoms with van der Waals surface area (Å²) in [4.78, 5) is 14.6. The number of nitrogens with zero attached hydrogens (tertiary/aromatic N) is 5. The summed E-state index contributed by atoms with van der Waals surface area (Å²) in [6, 6.07) is 8.12. The summed E-state index contributed by atoms with van der Waals surface area (Å²) < 4.78 is 0. The van der Waals surface area contributed by atoms with Crippen LogP contribution in [0.5, 0.6) is 0 Å². The fraction of sp³-hybridized carbons (Fsp3) is 0.429. The Morgan fingerprint density at radius 3 is 2.81 bits per heavy atom. The first kappa shape index (κ1) is 13.7. The van der Waals surface area contributed by atoms with Gasteiger partial charge in [0.15, 0.2) is 5.82 Å². The average Bonchev–Trinajstić information content (AvgIpc) is 2.84. The minimum Gasteiger partial charge on any atom is -0.481 e. The predicted octanol–water partition coefficient (Wildman–Crippen LogP) is 0.612. The maximum Gasteiger partial charge on any atom is 0.304 e. The number of fused-ring (bicyclic) bond motifs is 1. The summed E-state index contributed by atoms with van der Waals surface area (Å²) in [6.07, 6.45) is 0.858. The second-order valence-electron chi connectivity index (χ2n) is 5.32. The van der Waals surface area contributed by atoms with E-state index in [1.165, 1.54) is 15.9 Å². The smallest absolute Gasteiger partial charge is 0.304 e. The van der Waals surface area contributed by atoms with Crippen molar-refractivity contribution in [3.63, 3.8) is 0 Å². The lowest BCUT2D eigenvalue weighted by molar-refractivity contribution is -0.138. The number of rotatable bonds is 4. The summed E-state index contributed by atoms with van der Waals surface area (Å²) in [5, 5.41) is 21.1. The Balaban J connectivity index is 1.83. The van der Waals surface area contributed by atoms with E-state index in [0.29, 0.717) is 18.9 Å². The number of tetrazole rings is 1. The lowest BCUT2D eigenvalue weighted by Gasteiger charge is -2.35. The third-order valence-electron chi connectivity index (χ3n) is 3.77. The van der Waals surface area contributed by atoms with Crippen LogP contribution in [0.25, 0.3) is 0 Å². The number of carbonyl (C=O) groups is 1. The first-order valence-electron chi connectivity index (χ1n) is 6.87. The molecule has 110 valence electrons. The fourth-order valence-corrected chi connectivity index (χ4v) is 2.80. The molecular formula is C14H17N5O2. The van der Waals surface area contributed by atoms with Crippen LogP contribution in [-0.4, -0.2) is 42.2 Å². The number of benzene rings is 1. The number of carboxylic acid groups (broad SMARTS) is 1. The van der Waals surface area contributed by atoms with Crippen LogP contribution < -0.4 is 0 Å². The van der Waals surface area contributed by atoms with Crippen molar-refractivity contribution < 1.29 is 9.90 Å². The SMILES string of the molecule is Cn1nnc(CN2Cc3ccccc3C[C@H]2CC(=O)O)n1. The van der Waals surface area contributed by atoms with Crippen LogP contribution in [0.2, 0.25) is 0 Å². The van der Waals surface area contributed by atoms with Crippen LogP contribution in [0.4, 0.5) is 0 Å². The van der Waals surface area contributed by atoms with Gasteiger partial charge >= 0.3 is 5.97 Å². The summed E-state index contributed by atoms with van der Waals surface area (Å²) >= 11 is 0. The van der Waals surface area contributed by atoms with Gasteiger partial charge in [-0.1, -0.05) is 24.3 Å². The molecule has 0 bridgehead atoms. The van der Waals surface area contributed by atoms with Gasteiger partial charge in [0, 0.05) is 12.6 Å². The Labute approximate surface area is 122 Å². The molecule has 2 aromatic rings. The molecule has 1 N–H and O–H groups in total. The van der Waals surface area contributed by atoms with Crippen molar-refractivity contribution in [2.75, 3.05) is 0 Å². The van der Waals surface area contributed by atoms with Gasteiger partial charge in [-0.2, -0.15) is 4.80 Å². The normalized spacial score (nSPS) is 18.4. The van der Waals surface area contributed by atoms with E-state index in [2.05, 4.69) is 32.4 Å². The Morgan fingerprint density at radius 1 is 1.38 bits per heavy atom. The number of hydrogen-bond acceptors (Lipinski definition) is 5. The van der Waals surface area contributed by atoms with Crippen LogP contribution >= 0.6 is 0 Å². The number of aliphatic carboxylic acids is 1. The van der Waals surface area contributed by atoms with Crippen LogP contribution in [0.15, 0.2) is 24.3 Å². The van der Waals surface area contributed by atoms with E-state index >= 15 is 0 Å². The van der Waals surface area contributed by atoms with Gasteiger partial charge in [0.05, 0.1) is 20.0 Å². The van der Waals surface area contributed by atoms with Crippen LogP contribution in [0.3, 0.4) is 0 Å². The second kappa shape index (κ2) is 5.61. The van der Waals surface area contributed by atoms with Gasteiger partial charge in [0.1, 0.15) is 0 Å². The number of hydrogen-bond donors (Lipinski definition) is 1. The maximum atomic E-state index is 11.1. The molecule has 3 rings (SSSR count). The molecule has 0 fully saturated rings. The van der Waals surface area contributed by atoms with Gasteiger partial charge in [-0.15, -0.1) is 10.2 Å². The van der Waals surface area contributed by atoms with Gasteiger partial charge in [0.2, 0.25) is 0 Å². The van der Waals surface area contributed by atoms with E-state index in [4.69, 9.17) is 5.11 Å². The topological polar surface area (TPSA) is 84.1 Å². The zero-order chi connectivity index (χ0) is 14.8. The van der Waals surface area contributed by atoms with Crippen molar-refractivity contribution in [2.24, 2.45) is 7.05 Å². The third-order valence-corrected chi connectivity index (χ3v) is 3.77. The molecule has 0 saturated heterocycles. The maximum absolute atomic E-state index is 11.1. The number of carboxylic acids is 1. The second-order valence-corrected chi connectivity index (χ2v) is 5.32. The molecule has 7 nitrogen and oxygen atoms in total. The first-order valence-corrected chi connectivity index (χ1v) is 6.87. The van der Waals surface area contributed by atoms with Crippen molar-refractivity contribution >= 4 is 5.97 Å². The highest BCUT2D eigenvalue weighted by atomic mass is 16.4. The molecule has 1 aliphatic heterocycles.